The van der Waals surface area contributed by atoms with Gasteiger partial charge in [-0.05, 0) is 44.7 Å². The van der Waals surface area contributed by atoms with E-state index in [0.29, 0.717) is 23.7 Å². The number of sulfonamides is 1. The number of hydrogen-bond acceptors (Lipinski definition) is 5. The molecule has 0 bridgehead atoms. The van der Waals surface area contributed by atoms with E-state index in [4.69, 9.17) is 0 Å². The SMILES string of the molecule is Cc1ccc(S(=O)(=O)N2CCCC(C(=O)NCCCCn3ccnc3)C2)s1. The Labute approximate surface area is 164 Å². The number of thiophene rings is 1. The smallest absolute Gasteiger partial charge is 0.252 e. The van der Waals surface area contributed by atoms with Gasteiger partial charge in [-0.1, -0.05) is 0 Å². The van der Waals surface area contributed by atoms with E-state index in [1.165, 1.54) is 15.6 Å². The number of aromatic nitrogens is 2. The highest BCUT2D eigenvalue weighted by Gasteiger charge is 2.33. The van der Waals surface area contributed by atoms with E-state index in [2.05, 4.69) is 10.3 Å². The van der Waals surface area contributed by atoms with Crippen LogP contribution in [0.5, 0.6) is 0 Å². The molecule has 0 radical (unpaired) electrons. The van der Waals surface area contributed by atoms with Crippen molar-refractivity contribution in [3.05, 3.63) is 35.7 Å². The van der Waals surface area contributed by atoms with E-state index in [9.17, 15) is 13.2 Å². The van der Waals surface area contributed by atoms with Crippen molar-refractivity contribution in [3.63, 3.8) is 0 Å². The van der Waals surface area contributed by atoms with E-state index in [-0.39, 0.29) is 18.4 Å². The third kappa shape index (κ3) is 5.18. The molecule has 27 heavy (non-hydrogen) atoms. The molecule has 1 unspecified atom stereocenters. The van der Waals surface area contributed by atoms with Crippen molar-refractivity contribution in [2.45, 2.75) is 43.4 Å². The minimum atomic E-state index is -3.50. The lowest BCUT2D eigenvalue weighted by Gasteiger charge is -2.30. The van der Waals surface area contributed by atoms with Gasteiger partial charge in [-0.3, -0.25) is 4.79 Å². The molecular formula is C18H26N4O3S2. The summed E-state index contributed by atoms with van der Waals surface area (Å²) >= 11 is 1.28. The van der Waals surface area contributed by atoms with Crippen molar-refractivity contribution >= 4 is 27.3 Å². The second-order valence-corrected chi connectivity index (χ2v) is 10.3. The second-order valence-electron chi connectivity index (χ2n) is 6.87. The summed E-state index contributed by atoms with van der Waals surface area (Å²) in [5.41, 5.74) is 0. The van der Waals surface area contributed by atoms with Crippen LogP contribution in [0.1, 0.15) is 30.6 Å². The number of carbonyl (C=O) groups is 1. The molecule has 1 fully saturated rings. The normalized spacial score (nSPS) is 18.5. The van der Waals surface area contributed by atoms with E-state index >= 15 is 0 Å². The van der Waals surface area contributed by atoms with Crippen LogP contribution in [-0.4, -0.2) is 47.8 Å². The number of aryl methyl sites for hydroxylation is 2. The first-order valence-electron chi connectivity index (χ1n) is 9.27. The van der Waals surface area contributed by atoms with Gasteiger partial charge in [-0.15, -0.1) is 11.3 Å². The second kappa shape index (κ2) is 8.99. The first-order valence-corrected chi connectivity index (χ1v) is 11.5. The molecule has 1 saturated heterocycles. The fraction of sp³-hybridized carbons (Fsp3) is 0.556. The number of nitrogens with one attached hydrogen (secondary N) is 1. The zero-order valence-electron chi connectivity index (χ0n) is 15.5. The average Bonchev–Trinajstić information content (AvgIpc) is 3.33. The van der Waals surface area contributed by atoms with Crippen LogP contribution < -0.4 is 5.32 Å². The third-order valence-electron chi connectivity index (χ3n) is 4.77. The summed E-state index contributed by atoms with van der Waals surface area (Å²) in [4.78, 5) is 17.4. The zero-order chi connectivity index (χ0) is 19.3. The quantitative estimate of drug-likeness (QED) is 0.677. The van der Waals surface area contributed by atoms with Crippen LogP contribution in [0.15, 0.2) is 35.1 Å². The molecule has 1 amide bonds. The van der Waals surface area contributed by atoms with Crippen LogP contribution in [0.2, 0.25) is 0 Å². The predicted octanol–water partition coefficient (Wildman–Crippen LogP) is 2.25. The van der Waals surface area contributed by atoms with E-state index < -0.39 is 10.0 Å². The maximum atomic E-state index is 12.8. The zero-order valence-corrected chi connectivity index (χ0v) is 17.1. The highest BCUT2D eigenvalue weighted by molar-refractivity contribution is 7.91. The molecular weight excluding hydrogens is 384 g/mol. The van der Waals surface area contributed by atoms with Crippen molar-refractivity contribution in [1.29, 1.82) is 0 Å². The Morgan fingerprint density at radius 3 is 2.93 bits per heavy atom. The van der Waals surface area contributed by atoms with Crippen LogP contribution in [0.4, 0.5) is 0 Å². The van der Waals surface area contributed by atoms with Crippen LogP contribution in [0.3, 0.4) is 0 Å². The molecule has 1 aliphatic heterocycles. The monoisotopic (exact) mass is 410 g/mol. The number of carbonyl (C=O) groups excluding carboxylic acids is 1. The maximum Gasteiger partial charge on any atom is 0.252 e. The largest absolute Gasteiger partial charge is 0.356 e. The number of imidazole rings is 1. The topological polar surface area (TPSA) is 84.3 Å². The van der Waals surface area contributed by atoms with Crippen LogP contribution in [0, 0.1) is 12.8 Å². The molecule has 9 heteroatoms. The summed E-state index contributed by atoms with van der Waals surface area (Å²) in [6.07, 6.45) is 8.74. The Morgan fingerprint density at radius 1 is 1.37 bits per heavy atom. The van der Waals surface area contributed by atoms with Crippen molar-refractivity contribution < 1.29 is 13.2 Å². The first kappa shape index (κ1) is 20.0. The molecule has 148 valence electrons. The van der Waals surface area contributed by atoms with Gasteiger partial charge in [0.2, 0.25) is 5.91 Å². The summed E-state index contributed by atoms with van der Waals surface area (Å²) < 4.78 is 29.4. The Morgan fingerprint density at radius 2 is 2.22 bits per heavy atom. The summed E-state index contributed by atoms with van der Waals surface area (Å²) in [5.74, 6) is -0.317. The number of amides is 1. The number of nitrogens with zero attached hydrogens (tertiary/aromatic N) is 3. The van der Waals surface area contributed by atoms with Gasteiger partial charge in [-0.25, -0.2) is 13.4 Å². The summed E-state index contributed by atoms with van der Waals surface area (Å²) in [5, 5.41) is 2.97. The number of piperidine rings is 1. The molecule has 7 nitrogen and oxygen atoms in total. The summed E-state index contributed by atoms with van der Waals surface area (Å²) in [6, 6.07) is 3.47. The van der Waals surface area contributed by atoms with Gasteiger partial charge in [0.1, 0.15) is 4.21 Å². The van der Waals surface area contributed by atoms with Gasteiger partial charge < -0.3 is 9.88 Å². The molecule has 2 aromatic heterocycles. The van der Waals surface area contributed by atoms with Gasteiger partial charge in [-0.2, -0.15) is 4.31 Å². The Bertz CT molecular complexity index is 846. The van der Waals surface area contributed by atoms with Gasteiger partial charge in [0.25, 0.3) is 10.0 Å². The number of unbranched alkanes of at least 4 members (excludes halogenated alkanes) is 1. The molecule has 0 saturated carbocycles. The lowest BCUT2D eigenvalue weighted by atomic mass is 9.99. The maximum absolute atomic E-state index is 12.8. The fourth-order valence-corrected chi connectivity index (χ4v) is 6.21. The molecule has 1 aliphatic rings. The third-order valence-corrected chi connectivity index (χ3v) is 8.10. The van der Waals surface area contributed by atoms with Crippen LogP contribution in [0.25, 0.3) is 0 Å². The Balaban J connectivity index is 1.46. The lowest BCUT2D eigenvalue weighted by molar-refractivity contribution is -0.126. The van der Waals surface area contributed by atoms with Crippen molar-refractivity contribution in [2.24, 2.45) is 5.92 Å². The van der Waals surface area contributed by atoms with Gasteiger partial charge in [0, 0.05) is 43.4 Å². The highest BCUT2D eigenvalue weighted by Crippen LogP contribution is 2.28. The molecule has 2 aromatic rings. The molecule has 0 aromatic carbocycles. The fourth-order valence-electron chi connectivity index (χ4n) is 3.25. The van der Waals surface area contributed by atoms with Crippen molar-refractivity contribution in [3.8, 4) is 0 Å². The summed E-state index contributed by atoms with van der Waals surface area (Å²) in [6.45, 7) is 4.13. The molecule has 3 rings (SSSR count). The Kier molecular flexibility index (Phi) is 6.67. The standard InChI is InChI=1S/C18H26N4O3S2/c1-15-6-7-17(26-15)27(24,25)22-11-4-5-16(13-22)18(23)20-8-2-3-10-21-12-9-19-14-21/h6-7,9,12,14,16H,2-5,8,10-11,13H2,1H3,(H,20,23). The minimum Gasteiger partial charge on any atom is -0.356 e. The van der Waals surface area contributed by atoms with Gasteiger partial charge in [0.05, 0.1) is 12.2 Å². The van der Waals surface area contributed by atoms with Crippen molar-refractivity contribution in [1.82, 2.24) is 19.2 Å². The molecule has 3 heterocycles. The Hall–Kier alpha value is -1.71. The van der Waals surface area contributed by atoms with Crippen LogP contribution >= 0.6 is 11.3 Å². The van der Waals surface area contributed by atoms with E-state index in [1.807, 2.05) is 23.8 Å². The van der Waals surface area contributed by atoms with Gasteiger partial charge in [0.15, 0.2) is 0 Å². The molecule has 1 N–H and O–H groups in total. The van der Waals surface area contributed by atoms with Gasteiger partial charge >= 0.3 is 0 Å². The minimum absolute atomic E-state index is 0.0418. The highest BCUT2D eigenvalue weighted by atomic mass is 32.2. The predicted molar refractivity (Wildman–Crippen MR) is 105 cm³/mol. The van der Waals surface area contributed by atoms with Crippen molar-refractivity contribution in [2.75, 3.05) is 19.6 Å². The number of hydrogen-bond donors (Lipinski definition) is 1. The average molecular weight is 411 g/mol. The summed E-state index contributed by atoms with van der Waals surface area (Å²) in [7, 11) is -3.50. The molecule has 0 aliphatic carbocycles. The lowest BCUT2D eigenvalue weighted by Crippen LogP contribution is -2.45. The molecule has 1 atom stereocenters. The number of rotatable bonds is 8. The van der Waals surface area contributed by atoms with Crippen LogP contribution in [-0.2, 0) is 21.4 Å². The van der Waals surface area contributed by atoms with E-state index in [1.54, 1.807) is 18.6 Å². The first-order chi connectivity index (χ1) is 13.0. The van der Waals surface area contributed by atoms with E-state index in [0.717, 1.165) is 30.7 Å². The molecule has 0 spiro atoms.